The van der Waals surface area contributed by atoms with Gasteiger partial charge in [0.15, 0.2) is 0 Å². The Bertz CT molecular complexity index is 1990. The number of allylic oxidation sites excluding steroid dienone is 2. The first-order chi connectivity index (χ1) is 24.0. The van der Waals surface area contributed by atoms with E-state index in [0.717, 1.165) is 36.4 Å². The number of ether oxygens (including phenoxy) is 2. The maximum Gasteiger partial charge on any atom is 0.465 e. The second kappa shape index (κ2) is 12.5. The van der Waals surface area contributed by atoms with E-state index in [-0.39, 0.29) is 32.1 Å². The van der Waals surface area contributed by atoms with Crippen LogP contribution < -0.4 is 0 Å². The Morgan fingerprint density at radius 1 is 0.566 bits per heavy atom. The first-order valence-corrected chi connectivity index (χ1v) is 15.9. The van der Waals surface area contributed by atoms with E-state index in [1.165, 1.54) is 12.1 Å². The van der Waals surface area contributed by atoms with E-state index in [2.05, 4.69) is 9.47 Å². The van der Waals surface area contributed by atoms with Crippen molar-refractivity contribution in [1.82, 2.24) is 0 Å². The topological polar surface area (TPSA) is 52.6 Å². The molecule has 2 aromatic heterocycles. The molecule has 0 saturated carbocycles. The monoisotopic (exact) mass is 820 g/mol. The highest BCUT2D eigenvalue weighted by atomic mass is 32.1. The normalized spacial score (nSPS) is 18.8. The van der Waals surface area contributed by atoms with E-state index in [0.29, 0.717) is 13.8 Å². The number of hydrogen-bond donors (Lipinski definition) is 0. The lowest BCUT2D eigenvalue weighted by atomic mass is 9.95. The molecule has 2 aromatic carbocycles. The predicted molar refractivity (Wildman–Crippen MR) is 156 cm³/mol. The number of carbonyl (C=O) groups is 2. The molecular weight excluding hydrogens is 804 g/mol. The molecule has 0 unspecified atom stereocenters. The first-order valence-electron chi connectivity index (χ1n) is 14.3. The lowest BCUT2D eigenvalue weighted by Gasteiger charge is -2.26. The minimum Gasteiger partial charge on any atom is -0.453 e. The van der Waals surface area contributed by atoms with Gasteiger partial charge in [0.25, 0.3) is 0 Å². The number of hydrogen-bond acceptors (Lipinski definition) is 6. The maximum absolute atomic E-state index is 16.0. The lowest BCUT2D eigenvalue weighted by Crippen LogP contribution is -2.49. The summed E-state index contributed by atoms with van der Waals surface area (Å²) in [4.78, 5) is 21.3. The van der Waals surface area contributed by atoms with E-state index in [9.17, 15) is 53.5 Å². The fraction of sp³-hybridized carbons (Fsp3) is 0.355. The molecule has 2 heterocycles. The van der Waals surface area contributed by atoms with Gasteiger partial charge in [0, 0.05) is 30.3 Å². The van der Waals surface area contributed by atoms with Gasteiger partial charge >= 0.3 is 53.9 Å². The van der Waals surface area contributed by atoms with Crippen LogP contribution in [0, 0.1) is 0 Å². The number of thiophene rings is 2. The van der Waals surface area contributed by atoms with Crippen LogP contribution in [-0.4, -0.2) is 53.9 Å². The van der Waals surface area contributed by atoms with Crippen molar-refractivity contribution in [2.24, 2.45) is 0 Å². The molecule has 0 amide bonds. The average Bonchev–Trinajstić information content (AvgIpc) is 3.62. The zero-order valence-corrected chi connectivity index (χ0v) is 27.4. The largest absolute Gasteiger partial charge is 0.465 e. The number of esters is 2. The highest BCUT2D eigenvalue weighted by Gasteiger charge is 2.81. The Hall–Kier alpha value is -4.08. The van der Waals surface area contributed by atoms with Gasteiger partial charge in [0.1, 0.15) is 12.2 Å². The van der Waals surface area contributed by atoms with Crippen LogP contribution >= 0.6 is 22.7 Å². The molecule has 0 bridgehead atoms. The molecule has 0 fully saturated rings. The SMILES string of the molecule is C[C@@H](OC(=O)C(F)(F)C(F)(F)F)c1c(C2=C(c3sc4ccccc4c3[C@@H](C)OC(=O)C(F)(F)C(F)(F)F)C(F)(F)C(F)(F)C2(F)F)sc2ccccc12. The van der Waals surface area contributed by atoms with Crippen LogP contribution in [0.5, 0.6) is 0 Å². The third-order valence-electron chi connectivity index (χ3n) is 7.99. The first kappa shape index (κ1) is 40.1. The summed E-state index contributed by atoms with van der Waals surface area (Å²) in [5, 5.41) is -0.838. The van der Waals surface area contributed by atoms with Crippen molar-refractivity contribution < 1.29 is 89.3 Å². The van der Waals surface area contributed by atoms with Crippen molar-refractivity contribution in [3.8, 4) is 0 Å². The van der Waals surface area contributed by atoms with Crippen molar-refractivity contribution in [1.29, 1.82) is 0 Å². The smallest absolute Gasteiger partial charge is 0.453 e. The number of carbonyl (C=O) groups excluding carboxylic acids is 2. The number of halogens is 16. The quantitative estimate of drug-likeness (QED) is 0.131. The lowest BCUT2D eigenvalue weighted by molar-refractivity contribution is -0.282. The number of rotatable bonds is 8. The highest BCUT2D eigenvalue weighted by molar-refractivity contribution is 7.21. The second-order valence-corrected chi connectivity index (χ2v) is 13.5. The summed E-state index contributed by atoms with van der Waals surface area (Å²) in [6.45, 7) is 1.11. The van der Waals surface area contributed by atoms with E-state index in [4.69, 9.17) is 0 Å². The molecule has 4 aromatic rings. The van der Waals surface area contributed by atoms with Gasteiger partial charge in [0.05, 0.1) is 11.1 Å². The van der Waals surface area contributed by atoms with E-state index < -0.39 is 109 Å². The minimum absolute atomic E-state index is 0.0192. The van der Waals surface area contributed by atoms with Crippen LogP contribution in [0.25, 0.3) is 31.3 Å². The Kier molecular flexibility index (Phi) is 9.45. The van der Waals surface area contributed by atoms with Crippen LogP contribution in [-0.2, 0) is 19.1 Å². The van der Waals surface area contributed by atoms with Gasteiger partial charge in [0.2, 0.25) is 0 Å². The van der Waals surface area contributed by atoms with Crippen molar-refractivity contribution in [3.63, 3.8) is 0 Å². The molecule has 5 rings (SSSR count). The molecular formula is C31H16F16O4S2. The van der Waals surface area contributed by atoms with Crippen molar-refractivity contribution in [2.45, 2.75) is 68.0 Å². The van der Waals surface area contributed by atoms with Crippen molar-refractivity contribution >= 4 is 65.9 Å². The van der Waals surface area contributed by atoms with E-state index in [1.807, 2.05) is 0 Å². The summed E-state index contributed by atoms with van der Waals surface area (Å²) >= 11 is 0.0385. The minimum atomic E-state index is -6.54. The van der Waals surface area contributed by atoms with Crippen LogP contribution in [0.15, 0.2) is 48.5 Å². The van der Waals surface area contributed by atoms with Crippen LogP contribution in [0.4, 0.5) is 70.2 Å². The summed E-state index contributed by atoms with van der Waals surface area (Å²) in [5.74, 6) is -37.3. The summed E-state index contributed by atoms with van der Waals surface area (Å²) in [5.41, 5.74) is -6.60. The van der Waals surface area contributed by atoms with Crippen LogP contribution in [0.1, 0.15) is 46.9 Å². The zero-order valence-electron chi connectivity index (χ0n) is 25.8. The fourth-order valence-electron chi connectivity index (χ4n) is 5.47. The van der Waals surface area contributed by atoms with Gasteiger partial charge in [-0.1, -0.05) is 36.4 Å². The Labute approximate surface area is 292 Å². The standard InChI is InChI=1S/C31H16F16O4S2/c1-11(50-23(48)27(36,37)30(42,43)44)17-13-7-3-5-9-15(13)52-21(17)19-20(26(34,35)29(40,41)25(19,32)33)22-18(14-8-4-6-10-16(14)53-22)12(2)51-24(49)28(38,39)31(45,46)47/h3-12H,1-2H3/t11-,12-/m1/s1. The average molecular weight is 821 g/mol. The van der Waals surface area contributed by atoms with Gasteiger partial charge in [-0.15, -0.1) is 22.7 Å². The molecule has 288 valence electrons. The van der Waals surface area contributed by atoms with Gasteiger partial charge in [-0.25, -0.2) is 9.59 Å². The Morgan fingerprint density at radius 2 is 0.868 bits per heavy atom. The number of fused-ring (bicyclic) bond motifs is 2. The summed E-state index contributed by atoms with van der Waals surface area (Å²) in [6.07, 6.45) is -18.0. The second-order valence-electron chi connectivity index (χ2n) is 11.4. The fourth-order valence-corrected chi connectivity index (χ4v) is 8.21. The highest BCUT2D eigenvalue weighted by Crippen LogP contribution is 2.67. The summed E-state index contributed by atoms with van der Waals surface area (Å²) < 4.78 is 236. The van der Waals surface area contributed by atoms with Crippen molar-refractivity contribution in [3.05, 3.63) is 69.4 Å². The molecule has 0 saturated heterocycles. The summed E-state index contributed by atoms with van der Waals surface area (Å²) in [6, 6.07) is 8.76. The van der Waals surface area contributed by atoms with Crippen molar-refractivity contribution in [2.75, 3.05) is 0 Å². The molecule has 4 nitrogen and oxygen atoms in total. The number of benzene rings is 2. The number of alkyl halides is 16. The molecule has 22 heteroatoms. The maximum atomic E-state index is 16.0. The molecule has 53 heavy (non-hydrogen) atoms. The van der Waals surface area contributed by atoms with Gasteiger partial charge < -0.3 is 9.47 Å². The van der Waals surface area contributed by atoms with Crippen LogP contribution in [0.3, 0.4) is 0 Å². The molecule has 0 radical (unpaired) electrons. The van der Waals surface area contributed by atoms with E-state index >= 15 is 26.3 Å². The Balaban J connectivity index is 1.84. The predicted octanol–water partition coefficient (Wildman–Crippen LogP) is 11.5. The molecule has 1 aliphatic rings. The molecule has 0 spiro atoms. The third kappa shape index (κ3) is 5.99. The summed E-state index contributed by atoms with van der Waals surface area (Å²) in [7, 11) is 0. The van der Waals surface area contributed by atoms with Gasteiger partial charge in [-0.05, 0) is 36.8 Å². The van der Waals surface area contributed by atoms with Gasteiger partial charge in [-0.2, -0.15) is 70.2 Å². The van der Waals surface area contributed by atoms with E-state index in [1.54, 1.807) is 0 Å². The molecule has 0 N–H and O–H groups in total. The Morgan fingerprint density at radius 3 is 1.17 bits per heavy atom. The molecule has 2 atom stereocenters. The zero-order chi connectivity index (χ0) is 40.1. The van der Waals surface area contributed by atoms with Crippen LogP contribution in [0.2, 0.25) is 0 Å². The van der Waals surface area contributed by atoms with Gasteiger partial charge in [-0.3, -0.25) is 0 Å². The molecule has 1 aliphatic carbocycles. The third-order valence-corrected chi connectivity index (χ3v) is 10.4. The molecule has 0 aliphatic heterocycles.